The fourth-order valence-corrected chi connectivity index (χ4v) is 2.58. The normalized spacial score (nSPS) is 11.2. The van der Waals surface area contributed by atoms with E-state index in [4.69, 9.17) is 16.0 Å². The summed E-state index contributed by atoms with van der Waals surface area (Å²) in [6.07, 6.45) is 2.78. The molecule has 7 heteroatoms. The molecule has 0 saturated heterocycles. The van der Waals surface area contributed by atoms with Crippen LogP contribution in [0.1, 0.15) is 23.4 Å². The maximum Gasteiger partial charge on any atom is 0.243 e. The predicted molar refractivity (Wildman–Crippen MR) is 83.1 cm³/mol. The lowest BCUT2D eigenvalue weighted by Crippen LogP contribution is -2.06. The van der Waals surface area contributed by atoms with Gasteiger partial charge in [0.2, 0.25) is 5.28 Å². The minimum absolute atomic E-state index is 0.158. The van der Waals surface area contributed by atoms with Crippen LogP contribution in [0, 0.1) is 6.92 Å². The third-order valence-corrected chi connectivity index (χ3v) is 3.70. The molecule has 0 bridgehead atoms. The highest BCUT2D eigenvalue weighted by molar-refractivity contribution is 6.28. The van der Waals surface area contributed by atoms with Gasteiger partial charge in [-0.1, -0.05) is 0 Å². The van der Waals surface area contributed by atoms with E-state index >= 15 is 0 Å². The number of alkyl halides is 1. The van der Waals surface area contributed by atoms with Crippen molar-refractivity contribution in [2.45, 2.75) is 26.3 Å². The number of hydrogen-bond acceptors (Lipinski definition) is 4. The third-order valence-electron chi connectivity index (χ3n) is 3.54. The van der Waals surface area contributed by atoms with Crippen LogP contribution in [-0.4, -0.2) is 21.3 Å². The zero-order valence-electron chi connectivity index (χ0n) is 12.1. The van der Waals surface area contributed by atoms with Crippen molar-refractivity contribution in [1.82, 2.24) is 14.6 Å². The Labute approximate surface area is 132 Å². The zero-order valence-corrected chi connectivity index (χ0v) is 12.9. The molecule has 0 spiro atoms. The van der Waals surface area contributed by atoms with Crippen LogP contribution < -0.4 is 5.32 Å². The number of fused-ring (bicyclic) bond motifs is 1. The Hall–Kier alpha value is -2.08. The van der Waals surface area contributed by atoms with E-state index in [1.807, 2.05) is 25.1 Å². The van der Waals surface area contributed by atoms with Crippen LogP contribution in [0.2, 0.25) is 5.28 Å². The average Bonchev–Trinajstić information content (AvgIpc) is 3.12. The second kappa shape index (κ2) is 6.36. The molecule has 0 fully saturated rings. The molecule has 0 atom stereocenters. The first-order valence-electron chi connectivity index (χ1n) is 7.06. The Morgan fingerprint density at radius 2 is 2.32 bits per heavy atom. The lowest BCUT2D eigenvalue weighted by Gasteiger charge is -2.06. The molecule has 3 aromatic heterocycles. The van der Waals surface area contributed by atoms with Crippen molar-refractivity contribution in [3.05, 3.63) is 46.8 Å². The quantitative estimate of drug-likeness (QED) is 0.750. The van der Waals surface area contributed by atoms with E-state index in [-0.39, 0.29) is 12.0 Å². The molecule has 0 aliphatic rings. The van der Waals surface area contributed by atoms with E-state index in [1.54, 1.807) is 10.8 Å². The van der Waals surface area contributed by atoms with Crippen molar-refractivity contribution in [1.29, 1.82) is 0 Å². The molecular formula is C15H16ClFN4O. The van der Waals surface area contributed by atoms with Crippen LogP contribution in [0.15, 0.2) is 28.9 Å². The van der Waals surface area contributed by atoms with Gasteiger partial charge in [0.1, 0.15) is 11.3 Å². The van der Waals surface area contributed by atoms with E-state index in [9.17, 15) is 4.39 Å². The van der Waals surface area contributed by atoms with Gasteiger partial charge in [-0.2, -0.15) is 4.98 Å². The van der Waals surface area contributed by atoms with Gasteiger partial charge in [0.25, 0.3) is 0 Å². The van der Waals surface area contributed by atoms with Gasteiger partial charge in [0, 0.05) is 5.69 Å². The Kier molecular flexibility index (Phi) is 4.29. The van der Waals surface area contributed by atoms with E-state index < -0.39 is 0 Å². The zero-order chi connectivity index (χ0) is 15.5. The summed E-state index contributed by atoms with van der Waals surface area (Å²) in [5.74, 6) is 1.43. The Balaban J connectivity index is 1.94. The molecule has 0 aromatic carbocycles. The van der Waals surface area contributed by atoms with Crippen molar-refractivity contribution in [3.63, 3.8) is 0 Å². The van der Waals surface area contributed by atoms with Crippen LogP contribution in [-0.2, 0) is 13.0 Å². The Morgan fingerprint density at radius 3 is 3.05 bits per heavy atom. The van der Waals surface area contributed by atoms with Crippen molar-refractivity contribution in [3.8, 4) is 0 Å². The van der Waals surface area contributed by atoms with Crippen LogP contribution in [0.25, 0.3) is 5.52 Å². The SMILES string of the molecule is Cc1c(CCCF)cc2c(NCc3ccco3)nc(Cl)nn12. The minimum atomic E-state index is -0.332. The van der Waals surface area contributed by atoms with Gasteiger partial charge in [-0.05, 0) is 55.1 Å². The molecule has 0 radical (unpaired) electrons. The number of furan rings is 1. The first-order valence-corrected chi connectivity index (χ1v) is 7.44. The fraction of sp³-hybridized carbons (Fsp3) is 0.333. The van der Waals surface area contributed by atoms with E-state index in [2.05, 4.69) is 15.4 Å². The van der Waals surface area contributed by atoms with Crippen LogP contribution in [0.5, 0.6) is 0 Å². The molecule has 0 aliphatic carbocycles. The van der Waals surface area contributed by atoms with Gasteiger partial charge in [0.05, 0.1) is 19.5 Å². The molecule has 0 aliphatic heterocycles. The number of halogens is 2. The lowest BCUT2D eigenvalue weighted by atomic mass is 10.1. The molecule has 0 amide bonds. The molecule has 22 heavy (non-hydrogen) atoms. The van der Waals surface area contributed by atoms with Gasteiger partial charge in [0.15, 0.2) is 5.82 Å². The molecule has 5 nitrogen and oxygen atoms in total. The summed E-state index contributed by atoms with van der Waals surface area (Å²) in [5.41, 5.74) is 2.83. The Bertz CT molecular complexity index is 770. The highest BCUT2D eigenvalue weighted by Gasteiger charge is 2.13. The first kappa shape index (κ1) is 14.8. The molecule has 3 rings (SSSR count). The summed E-state index contributed by atoms with van der Waals surface area (Å²) in [7, 11) is 0. The number of rotatable bonds is 6. The molecule has 3 heterocycles. The van der Waals surface area contributed by atoms with Crippen LogP contribution >= 0.6 is 11.6 Å². The topological polar surface area (TPSA) is 55.4 Å². The second-order valence-electron chi connectivity index (χ2n) is 5.01. The number of nitrogens with zero attached hydrogens (tertiary/aromatic N) is 3. The van der Waals surface area contributed by atoms with E-state index in [0.29, 0.717) is 25.2 Å². The first-order chi connectivity index (χ1) is 10.7. The maximum absolute atomic E-state index is 12.4. The van der Waals surface area contributed by atoms with Gasteiger partial charge < -0.3 is 9.73 Å². The van der Waals surface area contributed by atoms with Gasteiger partial charge in [-0.3, -0.25) is 4.39 Å². The largest absolute Gasteiger partial charge is 0.467 e. The number of aromatic nitrogens is 3. The fourth-order valence-electron chi connectivity index (χ4n) is 2.42. The number of nitrogens with one attached hydrogen (secondary N) is 1. The van der Waals surface area contributed by atoms with Crippen molar-refractivity contribution in [2.24, 2.45) is 0 Å². The summed E-state index contributed by atoms with van der Waals surface area (Å²) in [5, 5.41) is 7.58. The monoisotopic (exact) mass is 322 g/mol. The van der Waals surface area contributed by atoms with E-state index in [0.717, 1.165) is 22.5 Å². The number of anilines is 1. The van der Waals surface area contributed by atoms with Crippen LogP contribution in [0.4, 0.5) is 10.2 Å². The van der Waals surface area contributed by atoms with E-state index in [1.165, 1.54) is 0 Å². The average molecular weight is 323 g/mol. The lowest BCUT2D eigenvalue weighted by molar-refractivity contribution is 0.472. The smallest absolute Gasteiger partial charge is 0.243 e. The van der Waals surface area contributed by atoms with Gasteiger partial charge in [-0.25, -0.2) is 4.52 Å². The number of aryl methyl sites for hydroxylation is 2. The summed E-state index contributed by atoms with van der Waals surface area (Å²) in [4.78, 5) is 4.24. The molecule has 0 saturated carbocycles. The highest BCUT2D eigenvalue weighted by Crippen LogP contribution is 2.24. The van der Waals surface area contributed by atoms with Crippen molar-refractivity contribution in [2.75, 3.05) is 12.0 Å². The minimum Gasteiger partial charge on any atom is -0.467 e. The Morgan fingerprint density at radius 1 is 1.45 bits per heavy atom. The molecule has 3 aromatic rings. The molecule has 116 valence electrons. The summed E-state index contributed by atoms with van der Waals surface area (Å²) >= 11 is 6.00. The maximum atomic E-state index is 12.4. The van der Waals surface area contributed by atoms with Crippen LogP contribution in [0.3, 0.4) is 0 Å². The molecule has 0 unspecified atom stereocenters. The second-order valence-corrected chi connectivity index (χ2v) is 5.34. The van der Waals surface area contributed by atoms with Crippen molar-refractivity contribution < 1.29 is 8.81 Å². The predicted octanol–water partition coefficient (Wildman–Crippen LogP) is 3.80. The third kappa shape index (κ3) is 2.92. The van der Waals surface area contributed by atoms with Gasteiger partial charge in [-0.15, -0.1) is 5.10 Å². The highest BCUT2D eigenvalue weighted by atomic mass is 35.5. The molecular weight excluding hydrogens is 307 g/mol. The van der Waals surface area contributed by atoms with Gasteiger partial charge >= 0.3 is 0 Å². The standard InChI is InChI=1S/C15H16ClFN4O/c1-10-11(4-2-6-17)8-13-14(19-15(16)20-21(10)13)18-9-12-5-3-7-22-12/h3,5,7-8H,2,4,6,9H2,1H3,(H,18,19,20). The number of hydrogen-bond donors (Lipinski definition) is 1. The summed E-state index contributed by atoms with van der Waals surface area (Å²) in [6, 6.07) is 5.69. The molecule has 1 N–H and O–H groups in total. The summed E-state index contributed by atoms with van der Waals surface area (Å²) in [6.45, 7) is 2.11. The summed E-state index contributed by atoms with van der Waals surface area (Å²) < 4.78 is 19.4. The van der Waals surface area contributed by atoms with Crippen molar-refractivity contribution >= 4 is 22.9 Å².